The van der Waals surface area contributed by atoms with Crippen LogP contribution in [-0.2, 0) is 10.0 Å². The smallest absolute Gasteiger partial charge is 0.250 e. The van der Waals surface area contributed by atoms with Crippen LogP contribution in [-0.4, -0.2) is 25.7 Å². The lowest BCUT2D eigenvalue weighted by molar-refractivity contribution is 0.101. The first kappa shape index (κ1) is 14.7. The summed E-state index contributed by atoms with van der Waals surface area (Å²) in [6.07, 6.45) is 2.57. The molecule has 102 valence electrons. The third-order valence-electron chi connectivity index (χ3n) is 2.92. The predicted molar refractivity (Wildman–Crippen MR) is 75.6 cm³/mol. The number of nitrogens with one attached hydrogen (secondary N) is 1. The summed E-state index contributed by atoms with van der Waals surface area (Å²) in [5.74, 6) is 0. The van der Waals surface area contributed by atoms with Gasteiger partial charge in [0.05, 0.1) is 14.9 Å². The van der Waals surface area contributed by atoms with Gasteiger partial charge in [-0.2, -0.15) is 0 Å². The number of hydrogen-bond donors (Lipinski definition) is 2. The van der Waals surface area contributed by atoms with Crippen molar-refractivity contribution in [1.29, 1.82) is 0 Å². The number of thiophene rings is 1. The van der Waals surface area contributed by atoms with E-state index in [1.807, 2.05) is 0 Å². The van der Waals surface area contributed by atoms with Gasteiger partial charge in [-0.1, -0.05) is 24.4 Å². The topological polar surface area (TPSA) is 66.4 Å². The molecule has 1 fully saturated rings. The molecule has 4 nitrogen and oxygen atoms in total. The van der Waals surface area contributed by atoms with E-state index in [9.17, 15) is 13.5 Å². The first-order valence-corrected chi connectivity index (χ1v) is 9.02. The number of aliphatic hydroxyl groups is 1. The van der Waals surface area contributed by atoms with E-state index in [2.05, 4.69) is 20.7 Å². The SMILES string of the molecule is O=S(=O)(NC1CCCCC1O)c1cc(Cl)c(Br)s1. The van der Waals surface area contributed by atoms with E-state index in [1.54, 1.807) is 0 Å². The second-order valence-electron chi connectivity index (χ2n) is 4.27. The van der Waals surface area contributed by atoms with Crippen molar-refractivity contribution < 1.29 is 13.5 Å². The van der Waals surface area contributed by atoms with Crippen molar-refractivity contribution in [2.75, 3.05) is 0 Å². The average molecular weight is 375 g/mol. The lowest BCUT2D eigenvalue weighted by Gasteiger charge is -2.27. The molecule has 8 heteroatoms. The third-order valence-corrected chi connectivity index (χ3v) is 7.36. The van der Waals surface area contributed by atoms with Crippen LogP contribution in [0.1, 0.15) is 25.7 Å². The van der Waals surface area contributed by atoms with Crippen LogP contribution < -0.4 is 4.72 Å². The molecule has 2 atom stereocenters. The van der Waals surface area contributed by atoms with Crippen molar-refractivity contribution in [2.24, 2.45) is 0 Å². The minimum Gasteiger partial charge on any atom is -0.391 e. The molecule has 0 radical (unpaired) electrons. The average Bonchev–Trinajstić information content (AvgIpc) is 2.63. The minimum atomic E-state index is -3.60. The van der Waals surface area contributed by atoms with Gasteiger partial charge in [0.25, 0.3) is 0 Å². The highest BCUT2D eigenvalue weighted by atomic mass is 79.9. The minimum absolute atomic E-state index is 0.164. The molecule has 0 bridgehead atoms. The zero-order valence-corrected chi connectivity index (χ0v) is 13.4. The molecule has 0 saturated heterocycles. The molecule has 18 heavy (non-hydrogen) atoms. The molecule has 1 heterocycles. The van der Waals surface area contributed by atoms with Crippen LogP contribution in [0.25, 0.3) is 0 Å². The van der Waals surface area contributed by atoms with E-state index in [0.717, 1.165) is 24.2 Å². The monoisotopic (exact) mass is 373 g/mol. The zero-order valence-electron chi connectivity index (χ0n) is 9.40. The summed E-state index contributed by atoms with van der Waals surface area (Å²) in [7, 11) is -3.60. The normalized spacial score (nSPS) is 25.3. The molecule has 1 aliphatic carbocycles. The summed E-state index contributed by atoms with van der Waals surface area (Å²) in [4.78, 5) is 0. The largest absolute Gasteiger partial charge is 0.391 e. The Morgan fingerprint density at radius 1 is 1.44 bits per heavy atom. The van der Waals surface area contributed by atoms with Gasteiger partial charge in [-0.25, -0.2) is 13.1 Å². The van der Waals surface area contributed by atoms with Crippen LogP contribution in [0.2, 0.25) is 5.02 Å². The molecular formula is C10H13BrClNO3S2. The molecule has 0 amide bonds. The van der Waals surface area contributed by atoms with Gasteiger partial charge in [-0.05, 0) is 34.8 Å². The van der Waals surface area contributed by atoms with E-state index < -0.39 is 22.2 Å². The van der Waals surface area contributed by atoms with Crippen LogP contribution >= 0.6 is 38.9 Å². The Bertz CT molecular complexity index is 512. The molecule has 1 saturated carbocycles. The van der Waals surface area contributed by atoms with Gasteiger partial charge >= 0.3 is 0 Å². The van der Waals surface area contributed by atoms with Gasteiger partial charge in [0, 0.05) is 6.04 Å². The number of aliphatic hydroxyl groups excluding tert-OH is 1. The fraction of sp³-hybridized carbons (Fsp3) is 0.600. The van der Waals surface area contributed by atoms with Gasteiger partial charge in [0.2, 0.25) is 10.0 Å². The highest BCUT2D eigenvalue weighted by molar-refractivity contribution is 9.11. The van der Waals surface area contributed by atoms with Crippen LogP contribution in [0.5, 0.6) is 0 Å². The zero-order chi connectivity index (χ0) is 13.3. The Hall–Kier alpha value is 0.340. The highest BCUT2D eigenvalue weighted by Crippen LogP contribution is 2.35. The van der Waals surface area contributed by atoms with Crippen molar-refractivity contribution in [3.05, 3.63) is 14.9 Å². The van der Waals surface area contributed by atoms with Crippen LogP contribution in [0, 0.1) is 0 Å². The van der Waals surface area contributed by atoms with E-state index in [1.165, 1.54) is 6.07 Å². The molecule has 1 aliphatic rings. The van der Waals surface area contributed by atoms with Gasteiger partial charge in [-0.15, -0.1) is 11.3 Å². The maximum atomic E-state index is 12.1. The summed E-state index contributed by atoms with van der Waals surface area (Å²) >= 11 is 10.1. The molecular weight excluding hydrogens is 362 g/mol. The van der Waals surface area contributed by atoms with Crippen molar-refractivity contribution >= 4 is 48.9 Å². The molecule has 1 aromatic rings. The van der Waals surface area contributed by atoms with Crippen molar-refractivity contribution in [1.82, 2.24) is 4.72 Å². The second-order valence-corrected chi connectivity index (χ2v) is 8.98. The van der Waals surface area contributed by atoms with E-state index >= 15 is 0 Å². The van der Waals surface area contributed by atoms with Gasteiger partial charge in [-0.3, -0.25) is 0 Å². The highest BCUT2D eigenvalue weighted by Gasteiger charge is 2.29. The Kier molecular flexibility index (Phi) is 4.72. The second kappa shape index (κ2) is 5.76. The van der Waals surface area contributed by atoms with E-state index in [4.69, 9.17) is 11.6 Å². The van der Waals surface area contributed by atoms with E-state index in [0.29, 0.717) is 21.7 Å². The third kappa shape index (κ3) is 3.26. The molecule has 0 aliphatic heterocycles. The summed E-state index contributed by atoms with van der Waals surface area (Å²) in [6.45, 7) is 0. The summed E-state index contributed by atoms with van der Waals surface area (Å²) < 4.78 is 27.6. The number of rotatable bonds is 3. The van der Waals surface area contributed by atoms with Crippen LogP contribution in [0.15, 0.2) is 14.1 Å². The van der Waals surface area contributed by atoms with E-state index in [-0.39, 0.29) is 4.21 Å². The fourth-order valence-electron chi connectivity index (χ4n) is 1.97. The number of sulfonamides is 1. The number of halogens is 2. The molecule has 2 rings (SSSR count). The Morgan fingerprint density at radius 3 is 2.67 bits per heavy atom. The van der Waals surface area contributed by atoms with Crippen molar-refractivity contribution in [2.45, 2.75) is 42.0 Å². The Morgan fingerprint density at radius 2 is 2.11 bits per heavy atom. The van der Waals surface area contributed by atoms with Crippen molar-refractivity contribution in [3.8, 4) is 0 Å². The first-order valence-electron chi connectivity index (χ1n) is 5.55. The standard InChI is InChI=1S/C10H13BrClNO3S2/c11-10-6(12)5-9(17-10)18(15,16)13-7-3-1-2-4-8(7)14/h5,7-8,13-14H,1-4H2. The maximum Gasteiger partial charge on any atom is 0.250 e. The molecule has 0 spiro atoms. The van der Waals surface area contributed by atoms with Crippen molar-refractivity contribution in [3.63, 3.8) is 0 Å². The molecule has 0 aromatic carbocycles. The lowest BCUT2D eigenvalue weighted by Crippen LogP contribution is -2.44. The molecule has 1 aromatic heterocycles. The Labute approximate surface area is 124 Å². The fourth-order valence-corrected chi connectivity index (χ4v) is 5.68. The summed E-state index contributed by atoms with van der Waals surface area (Å²) in [6, 6.07) is 1.01. The lowest BCUT2D eigenvalue weighted by atomic mass is 9.93. The van der Waals surface area contributed by atoms with Crippen LogP contribution in [0.4, 0.5) is 0 Å². The van der Waals surface area contributed by atoms with Gasteiger partial charge < -0.3 is 5.11 Å². The summed E-state index contributed by atoms with van der Waals surface area (Å²) in [5.41, 5.74) is 0. The molecule has 2 unspecified atom stereocenters. The van der Waals surface area contributed by atoms with Crippen LogP contribution in [0.3, 0.4) is 0 Å². The quantitative estimate of drug-likeness (QED) is 0.855. The summed E-state index contributed by atoms with van der Waals surface area (Å²) in [5, 5.41) is 10.2. The number of hydrogen-bond acceptors (Lipinski definition) is 4. The first-order chi connectivity index (χ1) is 8.40. The van der Waals surface area contributed by atoms with Gasteiger partial charge in [0.15, 0.2) is 0 Å². The predicted octanol–water partition coefficient (Wildman–Crippen LogP) is 2.75. The Balaban J connectivity index is 2.16. The maximum absolute atomic E-state index is 12.1. The van der Waals surface area contributed by atoms with Gasteiger partial charge in [0.1, 0.15) is 4.21 Å². The molecule has 2 N–H and O–H groups in total.